The fourth-order valence-electron chi connectivity index (χ4n) is 5.49. The fourth-order valence-corrected chi connectivity index (χ4v) is 6.44. The predicted octanol–water partition coefficient (Wildman–Crippen LogP) is 7.65. The van der Waals surface area contributed by atoms with Crippen molar-refractivity contribution in [1.29, 1.82) is 0 Å². The van der Waals surface area contributed by atoms with Crippen molar-refractivity contribution < 1.29 is 12.6 Å². The lowest BCUT2D eigenvalue weighted by Crippen LogP contribution is -2.29. The zero-order valence-electron chi connectivity index (χ0n) is 21.9. The molecule has 0 amide bonds. The number of allylic oxidation sites excluding steroid dienone is 2. The Morgan fingerprint density at radius 2 is 1.64 bits per heavy atom. The molecule has 0 unspecified atom stereocenters. The second-order valence-electron chi connectivity index (χ2n) is 10.3. The summed E-state index contributed by atoms with van der Waals surface area (Å²) in [7, 11) is -3.96. The largest absolute Gasteiger partial charge is 0.378 e. The van der Waals surface area contributed by atoms with Gasteiger partial charge in [0.05, 0.1) is 11.7 Å². The van der Waals surface area contributed by atoms with E-state index >= 15 is 0 Å². The van der Waals surface area contributed by atoms with Gasteiger partial charge in [0.2, 0.25) is 0 Å². The number of rotatable bonds is 6. The molecule has 5 nitrogen and oxygen atoms in total. The average molecular weight is 535 g/mol. The monoisotopic (exact) mass is 534 g/mol. The molecule has 6 rings (SSSR count). The molecule has 3 atom stereocenters. The molecule has 1 heterocycles. The molecule has 0 saturated carbocycles. The maximum Gasteiger partial charge on any atom is 0.339 e. The van der Waals surface area contributed by atoms with E-state index in [4.69, 9.17) is 4.18 Å². The van der Waals surface area contributed by atoms with Gasteiger partial charge in [-0.05, 0) is 79.8 Å². The number of fused-ring (bicyclic) bond motifs is 3. The zero-order valence-corrected chi connectivity index (χ0v) is 22.7. The van der Waals surface area contributed by atoms with E-state index < -0.39 is 10.1 Å². The first kappa shape index (κ1) is 25.1. The van der Waals surface area contributed by atoms with E-state index in [2.05, 4.69) is 59.7 Å². The summed E-state index contributed by atoms with van der Waals surface area (Å²) in [4.78, 5) is 4.73. The second-order valence-corrected chi connectivity index (χ2v) is 11.9. The van der Waals surface area contributed by atoms with Gasteiger partial charge in [0.1, 0.15) is 4.90 Å². The van der Waals surface area contributed by atoms with Crippen LogP contribution in [-0.4, -0.2) is 14.6 Å². The van der Waals surface area contributed by atoms with Crippen LogP contribution >= 0.6 is 0 Å². The van der Waals surface area contributed by atoms with Gasteiger partial charge in [0.25, 0.3) is 0 Å². The van der Waals surface area contributed by atoms with Gasteiger partial charge in [-0.15, -0.1) is 0 Å². The molecule has 4 aromatic carbocycles. The van der Waals surface area contributed by atoms with Gasteiger partial charge in [0.15, 0.2) is 5.75 Å². The first-order valence-electron chi connectivity index (χ1n) is 13.2. The molecule has 1 aliphatic heterocycles. The molecule has 39 heavy (non-hydrogen) atoms. The summed E-state index contributed by atoms with van der Waals surface area (Å²) in [5, 5.41) is 3.78. The SMILES string of the molecule is Cc1ccc(S(=O)(=O)Oc2ccccc2C=Nc2ccc([C@@H]3Nc4ccc(C)cc4[C@@H]4C=CC[C@@H]43)cc2)cc1. The van der Waals surface area contributed by atoms with Crippen molar-refractivity contribution in [3.8, 4) is 5.75 Å². The number of benzene rings is 4. The van der Waals surface area contributed by atoms with Crippen LogP contribution in [0.5, 0.6) is 5.75 Å². The highest BCUT2D eigenvalue weighted by molar-refractivity contribution is 7.87. The van der Waals surface area contributed by atoms with E-state index in [1.54, 1.807) is 48.7 Å². The summed E-state index contributed by atoms with van der Waals surface area (Å²) in [5.74, 6) is 1.14. The van der Waals surface area contributed by atoms with Crippen LogP contribution in [0.1, 0.15) is 46.2 Å². The molecular formula is C33H30N2O3S. The third-order valence-electron chi connectivity index (χ3n) is 7.55. The van der Waals surface area contributed by atoms with Crippen molar-refractivity contribution in [2.24, 2.45) is 10.9 Å². The molecule has 0 spiro atoms. The Morgan fingerprint density at radius 3 is 2.44 bits per heavy atom. The standard InChI is InChI=1S/C33H30N2O3S/c1-22-10-17-27(18-11-22)39(36,37)38-32-9-4-3-6-25(32)21-34-26-15-13-24(14-16-26)33-29-8-5-7-28(29)30-20-23(2)12-19-31(30)35-33/h3-7,9-21,28-29,33,35H,8H2,1-2H3/t28-,29+,33+/m1/s1. The van der Waals surface area contributed by atoms with E-state index in [9.17, 15) is 8.42 Å². The van der Waals surface area contributed by atoms with Crippen molar-refractivity contribution in [1.82, 2.24) is 0 Å². The Kier molecular flexibility index (Phi) is 6.57. The van der Waals surface area contributed by atoms with Gasteiger partial charge in [-0.2, -0.15) is 8.42 Å². The van der Waals surface area contributed by atoms with E-state index in [-0.39, 0.29) is 16.7 Å². The normalized spacial score (nSPS) is 19.9. The summed E-state index contributed by atoms with van der Waals surface area (Å²) < 4.78 is 31.1. The summed E-state index contributed by atoms with van der Waals surface area (Å²) in [6.07, 6.45) is 7.36. The number of hydrogen-bond donors (Lipinski definition) is 1. The lowest BCUT2D eigenvalue weighted by atomic mass is 9.76. The van der Waals surface area contributed by atoms with Crippen molar-refractivity contribution in [2.75, 3.05) is 5.32 Å². The summed E-state index contributed by atoms with van der Waals surface area (Å²) in [6.45, 7) is 4.05. The first-order chi connectivity index (χ1) is 18.9. The maximum atomic E-state index is 12.8. The van der Waals surface area contributed by atoms with Crippen LogP contribution in [0.3, 0.4) is 0 Å². The minimum Gasteiger partial charge on any atom is -0.378 e. The van der Waals surface area contributed by atoms with Gasteiger partial charge < -0.3 is 9.50 Å². The summed E-state index contributed by atoms with van der Waals surface area (Å²) in [6, 6.07) is 28.7. The molecular weight excluding hydrogens is 504 g/mol. The number of aryl methyl sites for hydroxylation is 2. The van der Waals surface area contributed by atoms with Crippen LogP contribution in [-0.2, 0) is 10.1 Å². The van der Waals surface area contributed by atoms with Crippen LogP contribution in [0.2, 0.25) is 0 Å². The number of para-hydroxylation sites is 1. The molecule has 196 valence electrons. The van der Waals surface area contributed by atoms with E-state index in [1.165, 1.54) is 22.4 Å². The third-order valence-corrected chi connectivity index (χ3v) is 8.80. The topological polar surface area (TPSA) is 67.8 Å². The predicted molar refractivity (Wildman–Crippen MR) is 157 cm³/mol. The van der Waals surface area contributed by atoms with Crippen molar-refractivity contribution in [2.45, 2.75) is 37.1 Å². The van der Waals surface area contributed by atoms with E-state index in [1.807, 2.05) is 25.1 Å². The van der Waals surface area contributed by atoms with E-state index in [0.717, 1.165) is 17.7 Å². The molecule has 0 radical (unpaired) electrons. The number of aliphatic imine (C=N–C) groups is 1. The Labute approximate surface area is 230 Å². The van der Waals surface area contributed by atoms with Crippen molar-refractivity contribution in [3.63, 3.8) is 0 Å². The highest BCUT2D eigenvalue weighted by atomic mass is 32.2. The van der Waals surface area contributed by atoms with Gasteiger partial charge in [-0.1, -0.05) is 71.8 Å². The molecule has 4 aromatic rings. The van der Waals surface area contributed by atoms with Crippen LogP contribution in [0, 0.1) is 19.8 Å². The number of hydrogen-bond acceptors (Lipinski definition) is 5. The van der Waals surface area contributed by atoms with Gasteiger partial charge >= 0.3 is 10.1 Å². The molecule has 0 bridgehead atoms. The second kappa shape index (κ2) is 10.2. The minimum absolute atomic E-state index is 0.115. The number of nitrogens with one attached hydrogen (secondary N) is 1. The van der Waals surface area contributed by atoms with Crippen LogP contribution in [0.4, 0.5) is 11.4 Å². The number of anilines is 1. The first-order valence-corrected chi connectivity index (χ1v) is 14.6. The molecule has 1 N–H and O–H groups in total. The molecule has 2 aliphatic rings. The third kappa shape index (κ3) is 5.12. The van der Waals surface area contributed by atoms with Gasteiger partial charge in [-0.25, -0.2) is 0 Å². The lowest BCUT2D eigenvalue weighted by molar-refractivity contribution is 0.425. The number of nitrogens with zero attached hydrogens (tertiary/aromatic N) is 1. The molecule has 1 aliphatic carbocycles. The summed E-state index contributed by atoms with van der Waals surface area (Å²) in [5.41, 5.74) is 7.45. The molecule has 0 saturated heterocycles. The smallest absolute Gasteiger partial charge is 0.339 e. The molecule has 6 heteroatoms. The minimum atomic E-state index is -3.96. The zero-order chi connectivity index (χ0) is 27.0. The van der Waals surface area contributed by atoms with Crippen LogP contribution in [0.15, 0.2) is 113 Å². The van der Waals surface area contributed by atoms with E-state index in [0.29, 0.717) is 17.4 Å². The van der Waals surface area contributed by atoms with Gasteiger partial charge in [-0.3, -0.25) is 4.99 Å². The maximum absolute atomic E-state index is 12.8. The highest BCUT2D eigenvalue weighted by Gasteiger charge is 2.37. The van der Waals surface area contributed by atoms with Crippen LogP contribution in [0.25, 0.3) is 0 Å². The highest BCUT2D eigenvalue weighted by Crippen LogP contribution is 2.50. The van der Waals surface area contributed by atoms with Crippen molar-refractivity contribution >= 4 is 27.7 Å². The Bertz CT molecular complexity index is 1670. The summed E-state index contributed by atoms with van der Waals surface area (Å²) >= 11 is 0. The quantitative estimate of drug-likeness (QED) is 0.157. The Hall–Kier alpha value is -4.16. The molecule has 0 fully saturated rings. The van der Waals surface area contributed by atoms with Gasteiger partial charge in [0, 0.05) is 23.4 Å². The lowest BCUT2D eigenvalue weighted by Gasteiger charge is -2.37. The fraction of sp³-hybridized carbons (Fsp3) is 0.182. The average Bonchev–Trinajstić information content (AvgIpc) is 3.43. The Morgan fingerprint density at radius 1 is 0.897 bits per heavy atom. The Balaban J connectivity index is 1.21. The molecule has 0 aromatic heterocycles. The van der Waals surface area contributed by atoms with Crippen LogP contribution < -0.4 is 9.50 Å². The van der Waals surface area contributed by atoms with Crippen molar-refractivity contribution in [3.05, 3.63) is 131 Å².